The summed E-state index contributed by atoms with van der Waals surface area (Å²) in [6, 6.07) is 15.2. The zero-order chi connectivity index (χ0) is 19.7. The quantitative estimate of drug-likeness (QED) is 0.669. The predicted octanol–water partition coefficient (Wildman–Crippen LogP) is 3.22. The summed E-state index contributed by atoms with van der Waals surface area (Å²) >= 11 is 0. The molecule has 4 rings (SSSR count). The molecule has 1 saturated carbocycles. The van der Waals surface area contributed by atoms with Crippen LogP contribution in [0.5, 0.6) is 0 Å². The Morgan fingerprint density at radius 3 is 2.57 bits per heavy atom. The minimum Gasteiger partial charge on any atom is -0.465 e. The first-order chi connectivity index (χ1) is 13.6. The van der Waals surface area contributed by atoms with Crippen LogP contribution in [0.4, 0.5) is 4.39 Å². The van der Waals surface area contributed by atoms with E-state index in [1.54, 1.807) is 6.07 Å². The van der Waals surface area contributed by atoms with E-state index in [2.05, 4.69) is 0 Å². The lowest BCUT2D eigenvalue weighted by Gasteiger charge is -2.21. The van der Waals surface area contributed by atoms with Crippen molar-refractivity contribution >= 4 is 16.9 Å². The number of aryl methyl sites for hydroxylation is 1. The smallest absolute Gasteiger partial charge is 0.340 e. The van der Waals surface area contributed by atoms with Crippen molar-refractivity contribution < 1.29 is 18.8 Å². The summed E-state index contributed by atoms with van der Waals surface area (Å²) in [7, 11) is 1.39. The molecule has 1 aliphatic rings. The number of esters is 1. The third kappa shape index (κ3) is 3.62. The van der Waals surface area contributed by atoms with Crippen LogP contribution >= 0.6 is 0 Å². The standard InChI is InChI=1S/C23H23FN2O2/c1-15-18-8-4-6-10-20(18)25-21(22(15)23(27)28-2)14-26(17-11-12-17)13-16-7-3-5-9-19(16)24/h3-10,17H,11-14H2,1-2H3/p+1. The van der Waals surface area contributed by atoms with Gasteiger partial charge >= 0.3 is 5.97 Å². The molecule has 1 fully saturated rings. The maximum Gasteiger partial charge on any atom is 0.340 e. The Labute approximate surface area is 164 Å². The molecule has 0 spiro atoms. The number of nitrogens with zero attached hydrogens (tertiary/aromatic N) is 1. The highest BCUT2D eigenvalue weighted by Gasteiger charge is 2.35. The van der Waals surface area contributed by atoms with Gasteiger partial charge in [-0.15, -0.1) is 0 Å². The van der Waals surface area contributed by atoms with E-state index in [0.29, 0.717) is 30.3 Å². The molecule has 1 unspecified atom stereocenters. The molecule has 0 amide bonds. The van der Waals surface area contributed by atoms with Gasteiger partial charge in [0, 0.05) is 23.8 Å². The number of benzene rings is 2. The number of methoxy groups -OCH3 is 1. The summed E-state index contributed by atoms with van der Waals surface area (Å²) in [6.45, 7) is 3.08. The van der Waals surface area contributed by atoms with Gasteiger partial charge in [0.2, 0.25) is 0 Å². The van der Waals surface area contributed by atoms with Gasteiger partial charge in [-0.1, -0.05) is 36.4 Å². The topological polar surface area (TPSA) is 43.6 Å². The van der Waals surface area contributed by atoms with Gasteiger partial charge in [0.05, 0.1) is 24.2 Å². The summed E-state index contributed by atoms with van der Waals surface area (Å²) in [5.41, 5.74) is 3.70. The predicted molar refractivity (Wildman–Crippen MR) is 106 cm³/mol. The van der Waals surface area contributed by atoms with E-state index in [-0.39, 0.29) is 11.8 Å². The first kappa shape index (κ1) is 18.6. The van der Waals surface area contributed by atoms with Gasteiger partial charge in [0.15, 0.2) is 0 Å². The van der Waals surface area contributed by atoms with Gasteiger partial charge < -0.3 is 9.64 Å². The van der Waals surface area contributed by atoms with E-state index in [9.17, 15) is 9.18 Å². The lowest BCUT2D eigenvalue weighted by molar-refractivity contribution is -0.938. The molecular weight excluding hydrogens is 355 g/mol. The van der Waals surface area contributed by atoms with Gasteiger partial charge in [-0.3, -0.25) is 0 Å². The second-order valence-electron chi connectivity index (χ2n) is 7.44. The number of rotatable bonds is 6. The Balaban J connectivity index is 1.74. The fraction of sp³-hybridized carbons (Fsp3) is 0.304. The second-order valence-corrected chi connectivity index (χ2v) is 7.44. The molecule has 144 valence electrons. The molecule has 2 aromatic carbocycles. The van der Waals surface area contributed by atoms with Gasteiger partial charge in [-0.05, 0) is 24.6 Å². The number of hydrogen-bond donors (Lipinski definition) is 1. The summed E-state index contributed by atoms with van der Waals surface area (Å²) in [4.78, 5) is 18.6. The van der Waals surface area contributed by atoms with Crippen LogP contribution in [-0.2, 0) is 17.8 Å². The van der Waals surface area contributed by atoms with Crippen LogP contribution in [0.3, 0.4) is 0 Å². The number of halogens is 1. The van der Waals surface area contributed by atoms with Crippen molar-refractivity contribution in [1.29, 1.82) is 0 Å². The van der Waals surface area contributed by atoms with Crippen molar-refractivity contribution in [2.75, 3.05) is 7.11 Å². The van der Waals surface area contributed by atoms with Crippen molar-refractivity contribution in [3.05, 3.63) is 76.7 Å². The number of carbonyl (C=O) groups excluding carboxylic acids is 1. The van der Waals surface area contributed by atoms with Crippen molar-refractivity contribution in [1.82, 2.24) is 4.98 Å². The third-order valence-electron chi connectivity index (χ3n) is 5.54. The van der Waals surface area contributed by atoms with Crippen LogP contribution in [0.25, 0.3) is 10.9 Å². The van der Waals surface area contributed by atoms with Crippen LogP contribution in [0.1, 0.15) is 40.0 Å². The summed E-state index contributed by atoms with van der Waals surface area (Å²) in [6.07, 6.45) is 2.23. The van der Waals surface area contributed by atoms with Gasteiger partial charge in [0.25, 0.3) is 0 Å². The van der Waals surface area contributed by atoms with Crippen molar-refractivity contribution in [2.45, 2.75) is 38.9 Å². The molecule has 28 heavy (non-hydrogen) atoms. The van der Waals surface area contributed by atoms with Gasteiger partial charge in [-0.25, -0.2) is 14.2 Å². The summed E-state index contributed by atoms with van der Waals surface area (Å²) in [5, 5.41) is 0.953. The average Bonchev–Trinajstić information content (AvgIpc) is 3.54. The molecule has 0 radical (unpaired) electrons. The van der Waals surface area contributed by atoms with E-state index in [0.717, 1.165) is 35.0 Å². The van der Waals surface area contributed by atoms with Gasteiger partial charge in [-0.2, -0.15) is 0 Å². The Kier molecular flexibility index (Phi) is 5.09. The summed E-state index contributed by atoms with van der Waals surface area (Å²) < 4.78 is 19.3. The Bertz CT molecular complexity index is 1030. The summed E-state index contributed by atoms with van der Waals surface area (Å²) in [5.74, 6) is -0.553. The number of aromatic nitrogens is 1. The molecule has 4 nitrogen and oxygen atoms in total. The normalized spacial score (nSPS) is 14.8. The zero-order valence-electron chi connectivity index (χ0n) is 16.2. The molecule has 1 N–H and O–H groups in total. The molecule has 1 heterocycles. The first-order valence-electron chi connectivity index (χ1n) is 9.63. The highest BCUT2D eigenvalue weighted by atomic mass is 19.1. The minimum atomic E-state index is -0.369. The molecule has 3 aromatic rings. The monoisotopic (exact) mass is 379 g/mol. The van der Waals surface area contributed by atoms with Gasteiger partial charge in [0.1, 0.15) is 24.6 Å². The molecule has 1 aromatic heterocycles. The van der Waals surface area contributed by atoms with Crippen LogP contribution in [-0.4, -0.2) is 24.1 Å². The maximum absolute atomic E-state index is 14.2. The van der Waals surface area contributed by atoms with Crippen LogP contribution in [0.15, 0.2) is 48.5 Å². The number of nitrogens with one attached hydrogen (secondary N) is 1. The molecule has 0 aliphatic heterocycles. The molecule has 1 aliphatic carbocycles. The van der Waals surface area contributed by atoms with Crippen molar-refractivity contribution in [3.63, 3.8) is 0 Å². The fourth-order valence-electron chi connectivity index (χ4n) is 3.89. The van der Waals surface area contributed by atoms with E-state index in [1.165, 1.54) is 18.1 Å². The van der Waals surface area contributed by atoms with E-state index >= 15 is 0 Å². The van der Waals surface area contributed by atoms with Crippen LogP contribution < -0.4 is 4.90 Å². The lowest BCUT2D eigenvalue weighted by Crippen LogP contribution is -3.10. The lowest BCUT2D eigenvalue weighted by atomic mass is 10.0. The number of quaternary nitrogens is 1. The minimum absolute atomic E-state index is 0.184. The van der Waals surface area contributed by atoms with Crippen molar-refractivity contribution in [2.24, 2.45) is 0 Å². The van der Waals surface area contributed by atoms with Crippen LogP contribution in [0, 0.1) is 12.7 Å². The average molecular weight is 379 g/mol. The molecule has 0 bridgehead atoms. The molecule has 5 heteroatoms. The van der Waals surface area contributed by atoms with Crippen molar-refractivity contribution in [3.8, 4) is 0 Å². The second kappa shape index (κ2) is 7.68. The third-order valence-corrected chi connectivity index (χ3v) is 5.54. The van der Waals surface area contributed by atoms with Crippen LogP contribution in [0.2, 0.25) is 0 Å². The number of para-hydroxylation sites is 1. The maximum atomic E-state index is 14.2. The molecular formula is C23H24FN2O2+. The number of ether oxygens (including phenoxy) is 1. The molecule has 0 saturated heterocycles. The highest BCUT2D eigenvalue weighted by Crippen LogP contribution is 2.24. The fourth-order valence-corrected chi connectivity index (χ4v) is 3.89. The molecule has 1 atom stereocenters. The number of pyridine rings is 1. The zero-order valence-corrected chi connectivity index (χ0v) is 16.2. The number of carbonyl (C=O) groups is 1. The van der Waals surface area contributed by atoms with E-state index in [4.69, 9.17) is 9.72 Å². The Hall–Kier alpha value is -2.79. The van der Waals surface area contributed by atoms with E-state index < -0.39 is 0 Å². The Morgan fingerprint density at radius 1 is 1.14 bits per heavy atom. The van der Waals surface area contributed by atoms with E-state index in [1.807, 2.05) is 43.3 Å². The highest BCUT2D eigenvalue weighted by molar-refractivity contribution is 5.98. The number of fused-ring (bicyclic) bond motifs is 1. The first-order valence-corrected chi connectivity index (χ1v) is 9.63. The Morgan fingerprint density at radius 2 is 1.86 bits per heavy atom. The number of hydrogen-bond acceptors (Lipinski definition) is 3. The SMILES string of the molecule is COC(=O)c1c(C[NH+](Cc2ccccc2F)C2CC2)nc2ccccc2c1C. The largest absolute Gasteiger partial charge is 0.465 e.